The molecule has 4 aromatic heterocycles. The molecule has 0 radical (unpaired) electrons. The maximum atomic E-state index is 13.1. The van der Waals surface area contributed by atoms with Gasteiger partial charge in [0.05, 0.1) is 5.69 Å². The van der Waals surface area contributed by atoms with Gasteiger partial charge in [0.2, 0.25) is 0 Å². The number of aromatic nitrogens is 4. The second-order valence-electron chi connectivity index (χ2n) is 8.72. The highest BCUT2D eigenvalue weighted by Gasteiger charge is 2.26. The Morgan fingerprint density at radius 1 is 1.06 bits per heavy atom. The molecule has 1 amide bonds. The first-order chi connectivity index (χ1) is 16.7. The largest absolute Gasteiger partial charge is 0.487 e. The molecule has 0 unspecified atom stereocenters. The fourth-order valence-electron chi connectivity index (χ4n) is 4.80. The number of fused-ring (bicyclic) bond motifs is 2. The predicted molar refractivity (Wildman–Crippen MR) is 130 cm³/mol. The minimum atomic E-state index is 0.0749. The molecular weight excluding hydrogens is 426 g/mol. The van der Waals surface area contributed by atoms with Crippen molar-refractivity contribution in [2.75, 3.05) is 13.1 Å². The molecule has 1 aliphatic rings. The highest BCUT2D eigenvalue weighted by atomic mass is 16.5. The van der Waals surface area contributed by atoms with E-state index in [1.165, 1.54) is 10.9 Å². The lowest BCUT2D eigenvalue weighted by Crippen LogP contribution is -2.37. The van der Waals surface area contributed by atoms with Gasteiger partial charge in [-0.25, -0.2) is 9.97 Å². The highest BCUT2D eigenvalue weighted by Crippen LogP contribution is 2.33. The number of nitrogens with one attached hydrogen (secondary N) is 1. The Kier molecular flexibility index (Phi) is 5.22. The van der Waals surface area contributed by atoms with Crippen LogP contribution in [0.2, 0.25) is 0 Å². The van der Waals surface area contributed by atoms with E-state index in [0.717, 1.165) is 48.7 Å². The average molecular weight is 452 g/mol. The number of carbonyl (C=O) groups excluding carboxylic acids is 1. The lowest BCUT2D eigenvalue weighted by atomic mass is 9.89. The summed E-state index contributed by atoms with van der Waals surface area (Å²) in [5.41, 5.74) is 4.68. The second-order valence-corrected chi connectivity index (χ2v) is 8.72. The van der Waals surface area contributed by atoms with Gasteiger partial charge in [-0.05, 0) is 72.9 Å². The predicted octanol–water partition coefficient (Wildman–Crippen LogP) is 4.81. The number of carbonyl (C=O) groups is 1. The SMILES string of the molecule is O=C(c1ccc(OCc2cn3ccccc3n2)cc1)N1CCC(c2c[nH]c3ncccc23)CC1. The van der Waals surface area contributed by atoms with Crippen LogP contribution in [0.1, 0.15) is 40.4 Å². The quantitative estimate of drug-likeness (QED) is 0.416. The van der Waals surface area contributed by atoms with E-state index in [1.807, 2.05) is 70.2 Å². The third-order valence-corrected chi connectivity index (χ3v) is 6.61. The second kappa shape index (κ2) is 8.67. The van der Waals surface area contributed by atoms with Crippen LogP contribution in [0.15, 0.2) is 79.4 Å². The van der Waals surface area contributed by atoms with E-state index in [1.54, 1.807) is 6.20 Å². The molecule has 1 saturated heterocycles. The van der Waals surface area contributed by atoms with E-state index in [2.05, 4.69) is 27.2 Å². The Hall–Kier alpha value is -4.13. The molecule has 0 atom stereocenters. The number of pyridine rings is 2. The van der Waals surface area contributed by atoms with Crippen LogP contribution in [0.25, 0.3) is 16.7 Å². The Labute approximate surface area is 197 Å². The topological polar surface area (TPSA) is 75.5 Å². The third kappa shape index (κ3) is 3.90. The molecule has 1 N–H and O–H groups in total. The molecule has 5 heterocycles. The number of rotatable bonds is 5. The monoisotopic (exact) mass is 451 g/mol. The third-order valence-electron chi connectivity index (χ3n) is 6.61. The summed E-state index contributed by atoms with van der Waals surface area (Å²) in [7, 11) is 0. The summed E-state index contributed by atoms with van der Waals surface area (Å²) >= 11 is 0. The van der Waals surface area contributed by atoms with Crippen molar-refractivity contribution in [3.05, 3.63) is 96.2 Å². The number of likely N-dealkylation sites (tertiary alicyclic amines) is 1. The van der Waals surface area contributed by atoms with Gasteiger partial charge in [-0.1, -0.05) is 6.07 Å². The van der Waals surface area contributed by atoms with Gasteiger partial charge in [0.15, 0.2) is 0 Å². The highest BCUT2D eigenvalue weighted by molar-refractivity contribution is 5.94. The van der Waals surface area contributed by atoms with Crippen molar-refractivity contribution < 1.29 is 9.53 Å². The number of benzene rings is 1. The number of aromatic amines is 1. The van der Waals surface area contributed by atoms with Crippen molar-refractivity contribution in [2.24, 2.45) is 0 Å². The fraction of sp³-hybridized carbons (Fsp3) is 0.222. The van der Waals surface area contributed by atoms with Crippen molar-refractivity contribution in [1.82, 2.24) is 24.3 Å². The van der Waals surface area contributed by atoms with Gasteiger partial charge in [0.1, 0.15) is 23.7 Å². The van der Waals surface area contributed by atoms with Crippen LogP contribution in [-0.4, -0.2) is 43.2 Å². The number of hydrogen-bond donors (Lipinski definition) is 1. The Morgan fingerprint density at radius 3 is 2.74 bits per heavy atom. The van der Waals surface area contributed by atoms with Gasteiger partial charge in [0.25, 0.3) is 5.91 Å². The summed E-state index contributed by atoms with van der Waals surface area (Å²) in [5, 5.41) is 1.19. The van der Waals surface area contributed by atoms with Crippen molar-refractivity contribution in [1.29, 1.82) is 0 Å². The number of imidazole rings is 1. The van der Waals surface area contributed by atoms with Crippen LogP contribution in [-0.2, 0) is 6.61 Å². The molecule has 0 aliphatic carbocycles. The molecule has 1 aromatic carbocycles. The molecule has 7 heteroatoms. The van der Waals surface area contributed by atoms with Gasteiger partial charge in [-0.3, -0.25) is 4.79 Å². The summed E-state index contributed by atoms with van der Waals surface area (Å²) in [5.74, 6) is 1.24. The molecule has 7 nitrogen and oxygen atoms in total. The molecule has 34 heavy (non-hydrogen) atoms. The number of nitrogens with zero attached hydrogens (tertiary/aromatic N) is 4. The molecule has 170 valence electrons. The zero-order valence-electron chi connectivity index (χ0n) is 18.7. The number of H-pyrrole nitrogens is 1. The van der Waals surface area contributed by atoms with E-state index in [-0.39, 0.29) is 5.91 Å². The number of amides is 1. The first-order valence-electron chi connectivity index (χ1n) is 11.6. The van der Waals surface area contributed by atoms with Crippen molar-refractivity contribution >= 4 is 22.6 Å². The molecule has 0 saturated carbocycles. The normalized spacial score (nSPS) is 14.6. The van der Waals surface area contributed by atoms with Gasteiger partial charge < -0.3 is 19.0 Å². The minimum absolute atomic E-state index is 0.0749. The smallest absolute Gasteiger partial charge is 0.253 e. The lowest BCUT2D eigenvalue weighted by molar-refractivity contribution is 0.0713. The maximum Gasteiger partial charge on any atom is 0.253 e. The van der Waals surface area contributed by atoms with Crippen molar-refractivity contribution in [3.8, 4) is 5.75 Å². The standard InChI is InChI=1S/C27H25N5O2/c33-27(31-14-10-19(11-15-31)24-16-29-26-23(24)4-3-12-28-26)20-6-8-22(9-7-20)34-18-21-17-32-13-2-1-5-25(32)30-21/h1-9,12-13,16-17,19H,10-11,14-15,18H2,(H,28,29). The Balaban J connectivity index is 1.06. The number of piperidine rings is 1. The van der Waals surface area contributed by atoms with Crippen molar-refractivity contribution in [2.45, 2.75) is 25.4 Å². The van der Waals surface area contributed by atoms with E-state index < -0.39 is 0 Å². The summed E-state index contributed by atoms with van der Waals surface area (Å²) in [6, 6.07) is 17.4. The first kappa shape index (κ1) is 20.5. The average Bonchev–Trinajstić information content (AvgIpc) is 3.51. The van der Waals surface area contributed by atoms with Crippen LogP contribution in [0, 0.1) is 0 Å². The maximum absolute atomic E-state index is 13.1. The van der Waals surface area contributed by atoms with Gasteiger partial charge in [0, 0.05) is 48.8 Å². The zero-order valence-corrected chi connectivity index (χ0v) is 18.7. The first-order valence-corrected chi connectivity index (χ1v) is 11.6. The molecule has 0 bridgehead atoms. The summed E-state index contributed by atoms with van der Waals surface area (Å²) in [6.07, 6.45) is 9.71. The molecule has 0 spiro atoms. The summed E-state index contributed by atoms with van der Waals surface area (Å²) in [4.78, 5) is 27.2. The molecular formula is C27H25N5O2. The van der Waals surface area contributed by atoms with Crippen LogP contribution in [0.3, 0.4) is 0 Å². The van der Waals surface area contributed by atoms with Crippen LogP contribution in [0.4, 0.5) is 0 Å². The molecule has 1 aliphatic heterocycles. The zero-order chi connectivity index (χ0) is 22.9. The van der Waals surface area contributed by atoms with Crippen LogP contribution >= 0.6 is 0 Å². The summed E-state index contributed by atoms with van der Waals surface area (Å²) in [6.45, 7) is 1.89. The van der Waals surface area contributed by atoms with Crippen LogP contribution in [0.5, 0.6) is 5.75 Å². The fourth-order valence-corrected chi connectivity index (χ4v) is 4.80. The molecule has 6 rings (SSSR count). The van der Waals surface area contributed by atoms with E-state index >= 15 is 0 Å². The van der Waals surface area contributed by atoms with Gasteiger partial charge in [-0.15, -0.1) is 0 Å². The minimum Gasteiger partial charge on any atom is -0.487 e. The Morgan fingerprint density at radius 2 is 1.91 bits per heavy atom. The van der Waals surface area contributed by atoms with E-state index in [0.29, 0.717) is 18.1 Å². The Bertz CT molecular complexity index is 1410. The van der Waals surface area contributed by atoms with Crippen LogP contribution < -0.4 is 4.74 Å². The van der Waals surface area contributed by atoms with E-state index in [9.17, 15) is 4.79 Å². The number of ether oxygens (including phenoxy) is 1. The van der Waals surface area contributed by atoms with Gasteiger partial charge in [-0.2, -0.15) is 0 Å². The molecule has 1 fully saturated rings. The molecule has 5 aromatic rings. The number of hydrogen-bond acceptors (Lipinski definition) is 4. The lowest BCUT2D eigenvalue weighted by Gasteiger charge is -2.32. The summed E-state index contributed by atoms with van der Waals surface area (Å²) < 4.78 is 7.85. The van der Waals surface area contributed by atoms with Gasteiger partial charge >= 0.3 is 0 Å². The van der Waals surface area contributed by atoms with E-state index in [4.69, 9.17) is 4.74 Å². The van der Waals surface area contributed by atoms with Crippen molar-refractivity contribution in [3.63, 3.8) is 0 Å².